The number of rotatable bonds is 15. The third kappa shape index (κ3) is 10.5. The van der Waals surface area contributed by atoms with Crippen LogP contribution in [0.3, 0.4) is 0 Å². The van der Waals surface area contributed by atoms with Crippen LogP contribution >= 0.6 is 0 Å². The molecule has 6 heteroatoms. The van der Waals surface area contributed by atoms with E-state index in [1.165, 1.54) is 51.4 Å². The second-order valence-corrected chi connectivity index (χ2v) is 6.46. The van der Waals surface area contributed by atoms with Crippen LogP contribution in [0.4, 0.5) is 0 Å². The molecule has 24 heavy (non-hydrogen) atoms. The molecule has 0 unspecified atom stereocenters. The van der Waals surface area contributed by atoms with Gasteiger partial charge in [0.2, 0.25) is 17.3 Å². The molecule has 0 radical (unpaired) electrons. The van der Waals surface area contributed by atoms with E-state index in [1.807, 2.05) is 0 Å². The third-order valence-corrected chi connectivity index (χ3v) is 4.19. The molecule has 0 atom stereocenters. The van der Waals surface area contributed by atoms with Crippen molar-refractivity contribution in [3.05, 3.63) is 11.5 Å². The predicted octanol–water partition coefficient (Wildman–Crippen LogP) is 4.17. The van der Waals surface area contributed by atoms with Crippen molar-refractivity contribution >= 4 is 5.97 Å². The molecule has 0 saturated carbocycles. The molecule has 0 aromatic rings. The molecule has 0 aliphatic rings. The van der Waals surface area contributed by atoms with Gasteiger partial charge < -0.3 is 25.5 Å². The van der Waals surface area contributed by atoms with Gasteiger partial charge in [-0.15, -0.1) is 0 Å². The molecular formula is C18H34O6. The zero-order valence-corrected chi connectivity index (χ0v) is 14.8. The Morgan fingerprint density at radius 1 is 0.708 bits per heavy atom. The van der Waals surface area contributed by atoms with Crippen LogP contribution in [0.1, 0.15) is 90.4 Å². The molecule has 0 bridgehead atoms. The Labute approximate surface area is 144 Å². The first kappa shape index (κ1) is 22.7. The zero-order chi connectivity index (χ0) is 18.4. The number of carboxylic acid groups (broad SMARTS) is 1. The molecule has 0 aliphatic heterocycles. The molecule has 0 aromatic carbocycles. The van der Waals surface area contributed by atoms with E-state index in [4.69, 9.17) is 10.2 Å². The van der Waals surface area contributed by atoms with Gasteiger partial charge in [-0.05, 0) is 6.42 Å². The lowest BCUT2D eigenvalue weighted by Crippen LogP contribution is -2.33. The number of hydrogen-bond acceptors (Lipinski definition) is 5. The maximum Gasteiger partial charge on any atom is 0.374 e. The van der Waals surface area contributed by atoms with Gasteiger partial charge in [0.25, 0.3) is 0 Å². The van der Waals surface area contributed by atoms with E-state index in [-0.39, 0.29) is 6.42 Å². The van der Waals surface area contributed by atoms with Gasteiger partial charge in [0.15, 0.2) is 0 Å². The highest BCUT2D eigenvalue weighted by Gasteiger charge is 2.33. The SMILES string of the molecule is CCCCCCCCCCCCCCC(O)(O)C(O)=C(O)C(=O)O. The first-order valence-corrected chi connectivity index (χ1v) is 9.13. The molecule has 0 spiro atoms. The van der Waals surface area contributed by atoms with Crippen molar-refractivity contribution in [3.63, 3.8) is 0 Å². The van der Waals surface area contributed by atoms with Gasteiger partial charge in [0, 0.05) is 6.42 Å². The summed E-state index contributed by atoms with van der Waals surface area (Å²) in [6.07, 6.45) is 13.2. The van der Waals surface area contributed by atoms with Crippen molar-refractivity contribution in [3.8, 4) is 0 Å². The highest BCUT2D eigenvalue weighted by molar-refractivity contribution is 5.84. The minimum atomic E-state index is -2.69. The molecule has 6 nitrogen and oxygen atoms in total. The fourth-order valence-corrected chi connectivity index (χ4v) is 2.62. The summed E-state index contributed by atoms with van der Waals surface area (Å²) in [6, 6.07) is 0. The number of unbranched alkanes of at least 4 members (excludes halogenated alkanes) is 11. The quantitative estimate of drug-likeness (QED) is 0.131. The van der Waals surface area contributed by atoms with Crippen LogP contribution in [0, 0.1) is 0 Å². The van der Waals surface area contributed by atoms with Crippen LogP contribution in [-0.4, -0.2) is 37.3 Å². The van der Waals surface area contributed by atoms with Crippen molar-refractivity contribution in [2.24, 2.45) is 0 Å². The maximum atomic E-state index is 10.5. The monoisotopic (exact) mass is 346 g/mol. The minimum Gasteiger partial charge on any atom is -0.504 e. The van der Waals surface area contributed by atoms with Crippen LogP contribution in [0.15, 0.2) is 11.5 Å². The van der Waals surface area contributed by atoms with E-state index in [9.17, 15) is 20.1 Å². The minimum absolute atomic E-state index is 0.215. The van der Waals surface area contributed by atoms with E-state index >= 15 is 0 Å². The molecular weight excluding hydrogens is 312 g/mol. The largest absolute Gasteiger partial charge is 0.504 e. The van der Waals surface area contributed by atoms with E-state index in [2.05, 4.69) is 6.92 Å². The summed E-state index contributed by atoms with van der Waals surface area (Å²) in [5.74, 6) is -7.23. The number of aliphatic carboxylic acids is 1. The third-order valence-electron chi connectivity index (χ3n) is 4.19. The van der Waals surface area contributed by atoms with Gasteiger partial charge in [-0.1, -0.05) is 77.6 Å². The molecule has 5 N–H and O–H groups in total. The summed E-state index contributed by atoms with van der Waals surface area (Å²) in [7, 11) is 0. The summed E-state index contributed by atoms with van der Waals surface area (Å²) in [5, 5.41) is 46.0. The van der Waals surface area contributed by atoms with Gasteiger partial charge >= 0.3 is 5.97 Å². The lowest BCUT2D eigenvalue weighted by molar-refractivity contribution is -0.164. The van der Waals surface area contributed by atoms with Crippen molar-refractivity contribution in [1.82, 2.24) is 0 Å². The van der Waals surface area contributed by atoms with Gasteiger partial charge in [0.05, 0.1) is 0 Å². The van der Waals surface area contributed by atoms with Gasteiger partial charge in [-0.25, -0.2) is 4.79 Å². The summed E-state index contributed by atoms with van der Waals surface area (Å²) >= 11 is 0. The van der Waals surface area contributed by atoms with Crippen molar-refractivity contribution in [1.29, 1.82) is 0 Å². The molecule has 0 aromatic heterocycles. The standard InChI is InChI=1S/C18H34O6/c1-2-3-4-5-6-7-8-9-10-11-12-13-14-18(23,24)16(20)15(19)17(21)22/h19-20,23-24H,2-14H2,1H3,(H,21,22). The molecule has 142 valence electrons. The van der Waals surface area contributed by atoms with Crippen molar-refractivity contribution in [2.75, 3.05) is 0 Å². The molecule has 0 aliphatic carbocycles. The van der Waals surface area contributed by atoms with Gasteiger partial charge in [-0.3, -0.25) is 0 Å². The summed E-state index contributed by atoms with van der Waals surface area (Å²) in [5.41, 5.74) is 0. The zero-order valence-electron chi connectivity index (χ0n) is 14.8. The van der Waals surface area contributed by atoms with Gasteiger partial charge in [0.1, 0.15) is 0 Å². The lowest BCUT2D eigenvalue weighted by atomic mass is 10.0. The van der Waals surface area contributed by atoms with E-state index in [0.29, 0.717) is 6.42 Å². The Bertz CT molecular complexity index is 376. The number of carboxylic acids is 1. The Morgan fingerprint density at radius 3 is 1.46 bits per heavy atom. The van der Waals surface area contributed by atoms with E-state index < -0.39 is 23.3 Å². The molecule has 0 fully saturated rings. The second-order valence-electron chi connectivity index (χ2n) is 6.46. The van der Waals surface area contributed by atoms with Crippen LogP contribution in [-0.2, 0) is 4.79 Å². The Morgan fingerprint density at radius 2 is 1.08 bits per heavy atom. The molecule has 0 saturated heterocycles. The predicted molar refractivity (Wildman–Crippen MR) is 92.8 cm³/mol. The molecule has 0 rings (SSSR count). The number of aliphatic hydroxyl groups excluding tert-OH is 2. The highest BCUT2D eigenvalue weighted by atomic mass is 16.5. The van der Waals surface area contributed by atoms with E-state index in [1.54, 1.807) is 0 Å². The summed E-state index contributed by atoms with van der Waals surface area (Å²) in [6.45, 7) is 2.21. The second kappa shape index (κ2) is 13.1. The smallest absolute Gasteiger partial charge is 0.374 e. The van der Waals surface area contributed by atoms with Crippen molar-refractivity contribution in [2.45, 2.75) is 96.2 Å². The fourth-order valence-electron chi connectivity index (χ4n) is 2.62. The average Bonchev–Trinajstić information content (AvgIpc) is 2.54. The molecule has 0 amide bonds. The number of carbonyl (C=O) groups is 1. The Hall–Kier alpha value is -1.27. The van der Waals surface area contributed by atoms with Crippen LogP contribution in [0.25, 0.3) is 0 Å². The highest BCUT2D eigenvalue weighted by Crippen LogP contribution is 2.22. The topological polar surface area (TPSA) is 118 Å². The normalized spacial score (nSPS) is 13.0. The van der Waals surface area contributed by atoms with Crippen molar-refractivity contribution < 1.29 is 30.3 Å². The fraction of sp³-hybridized carbons (Fsp3) is 0.833. The lowest BCUT2D eigenvalue weighted by Gasteiger charge is -2.20. The average molecular weight is 346 g/mol. The Kier molecular flexibility index (Phi) is 12.4. The summed E-state index contributed by atoms with van der Waals surface area (Å²) in [4.78, 5) is 10.5. The van der Waals surface area contributed by atoms with Crippen LogP contribution in [0.5, 0.6) is 0 Å². The maximum absolute atomic E-state index is 10.5. The number of hydrogen-bond donors (Lipinski definition) is 5. The van der Waals surface area contributed by atoms with Crippen LogP contribution < -0.4 is 0 Å². The molecule has 0 heterocycles. The summed E-state index contributed by atoms with van der Waals surface area (Å²) < 4.78 is 0. The van der Waals surface area contributed by atoms with Gasteiger partial charge in [-0.2, -0.15) is 0 Å². The first-order chi connectivity index (χ1) is 11.3. The Balaban J connectivity index is 3.66. The van der Waals surface area contributed by atoms with Crippen LogP contribution in [0.2, 0.25) is 0 Å². The van der Waals surface area contributed by atoms with E-state index in [0.717, 1.165) is 19.3 Å². The number of aliphatic hydroxyl groups is 4. The first-order valence-electron chi connectivity index (χ1n) is 9.13.